The van der Waals surface area contributed by atoms with Crippen LogP contribution >= 0.6 is 15.9 Å². The zero-order chi connectivity index (χ0) is 17.6. The van der Waals surface area contributed by atoms with Crippen LogP contribution in [0.2, 0.25) is 0 Å². The maximum atomic E-state index is 12.9. The second kappa shape index (κ2) is 7.81. The van der Waals surface area contributed by atoms with E-state index in [-0.39, 0.29) is 24.0 Å². The maximum Gasteiger partial charge on any atom is 0.236 e. The molecule has 0 unspecified atom stereocenters. The van der Waals surface area contributed by atoms with Crippen molar-refractivity contribution < 1.29 is 13.5 Å². The minimum absolute atomic E-state index is 0.106. The van der Waals surface area contributed by atoms with Gasteiger partial charge >= 0.3 is 0 Å². The first-order chi connectivity index (χ1) is 12.1. The topological polar surface area (TPSA) is 71.1 Å². The zero-order valence-electron chi connectivity index (χ0n) is 13.0. The quantitative estimate of drug-likeness (QED) is 0.651. The van der Waals surface area contributed by atoms with Gasteiger partial charge in [0.25, 0.3) is 0 Å². The molecule has 0 aliphatic heterocycles. The molecule has 0 fully saturated rings. The summed E-state index contributed by atoms with van der Waals surface area (Å²) in [5.74, 6) is 0.927. The second-order valence-electron chi connectivity index (χ2n) is 5.12. The van der Waals surface area contributed by atoms with Crippen molar-refractivity contribution in [1.82, 2.24) is 4.98 Å². The number of anilines is 1. The van der Waals surface area contributed by atoms with Gasteiger partial charge in [-0.2, -0.15) is 10.2 Å². The Morgan fingerprint density at radius 1 is 1.16 bits per heavy atom. The molecule has 0 spiro atoms. The predicted octanol–water partition coefficient (Wildman–Crippen LogP) is 4.64. The smallest absolute Gasteiger partial charge is 0.236 e. The lowest BCUT2D eigenvalue weighted by Crippen LogP contribution is -1.99. The summed E-state index contributed by atoms with van der Waals surface area (Å²) in [5.41, 5.74) is 1.01. The van der Waals surface area contributed by atoms with Crippen molar-refractivity contribution in [2.24, 2.45) is 0 Å². The molecule has 3 aromatic rings. The molecule has 25 heavy (non-hydrogen) atoms. The van der Waals surface area contributed by atoms with Crippen LogP contribution in [0.25, 0.3) is 0 Å². The van der Waals surface area contributed by atoms with Crippen LogP contribution in [0.1, 0.15) is 17.1 Å². The summed E-state index contributed by atoms with van der Waals surface area (Å²) in [7, 11) is 0. The average Bonchev–Trinajstić information content (AvgIpc) is 3.03. The molecule has 2 aromatic carbocycles. The number of benzene rings is 2. The number of oxazole rings is 1. The van der Waals surface area contributed by atoms with Crippen molar-refractivity contribution in [2.75, 3.05) is 5.32 Å². The van der Waals surface area contributed by atoms with E-state index in [0.29, 0.717) is 18.2 Å². The highest BCUT2D eigenvalue weighted by molar-refractivity contribution is 9.10. The number of hydrogen-bond acceptors (Lipinski definition) is 5. The lowest BCUT2D eigenvalue weighted by atomic mass is 10.2. The molecule has 0 saturated heterocycles. The van der Waals surface area contributed by atoms with E-state index >= 15 is 0 Å². The molecule has 0 aliphatic carbocycles. The Hall–Kier alpha value is -2.85. The number of ether oxygens (including phenoxy) is 1. The highest BCUT2D eigenvalue weighted by Gasteiger charge is 2.13. The number of rotatable bonds is 6. The van der Waals surface area contributed by atoms with Gasteiger partial charge in [-0.3, -0.25) is 0 Å². The van der Waals surface area contributed by atoms with E-state index in [1.54, 1.807) is 12.1 Å². The van der Waals surface area contributed by atoms with Crippen LogP contribution in [0.5, 0.6) is 5.75 Å². The van der Waals surface area contributed by atoms with Crippen molar-refractivity contribution in [2.45, 2.75) is 13.2 Å². The van der Waals surface area contributed by atoms with Gasteiger partial charge in [-0.25, -0.2) is 4.39 Å². The fourth-order valence-corrected chi connectivity index (χ4v) is 2.35. The normalized spacial score (nSPS) is 10.3. The van der Waals surface area contributed by atoms with E-state index in [0.717, 1.165) is 10.0 Å². The minimum atomic E-state index is -0.298. The lowest BCUT2D eigenvalue weighted by Gasteiger charge is -2.04. The summed E-state index contributed by atoms with van der Waals surface area (Å²) in [6.07, 6.45) is 0. The molecule has 126 valence electrons. The monoisotopic (exact) mass is 401 g/mol. The Labute approximate surface area is 152 Å². The maximum absolute atomic E-state index is 12.9. The first-order valence-electron chi connectivity index (χ1n) is 7.40. The molecule has 7 heteroatoms. The highest BCUT2D eigenvalue weighted by Crippen LogP contribution is 2.21. The van der Waals surface area contributed by atoms with Gasteiger partial charge in [0.2, 0.25) is 17.5 Å². The Bertz CT molecular complexity index is 886. The molecule has 1 aromatic heterocycles. The number of nitrogens with zero attached hydrogens (tertiary/aromatic N) is 2. The van der Waals surface area contributed by atoms with E-state index in [9.17, 15) is 9.65 Å². The van der Waals surface area contributed by atoms with Crippen molar-refractivity contribution in [3.05, 3.63) is 76.0 Å². The third-order valence-electron chi connectivity index (χ3n) is 3.32. The summed E-state index contributed by atoms with van der Waals surface area (Å²) in [6, 6.07) is 15.4. The van der Waals surface area contributed by atoms with Gasteiger partial charge < -0.3 is 14.5 Å². The second-order valence-corrected chi connectivity index (χ2v) is 6.04. The Morgan fingerprint density at radius 3 is 2.56 bits per heavy atom. The Morgan fingerprint density at radius 2 is 1.88 bits per heavy atom. The third-order valence-corrected chi connectivity index (χ3v) is 3.85. The van der Waals surface area contributed by atoms with E-state index in [1.165, 1.54) is 12.1 Å². The molecule has 0 bridgehead atoms. The molecular weight excluding hydrogens is 389 g/mol. The lowest BCUT2D eigenvalue weighted by molar-refractivity contribution is 0.264. The van der Waals surface area contributed by atoms with E-state index in [2.05, 4.69) is 26.2 Å². The van der Waals surface area contributed by atoms with Crippen molar-refractivity contribution in [3.63, 3.8) is 0 Å². The van der Waals surface area contributed by atoms with Gasteiger partial charge in [-0.05, 0) is 42.0 Å². The van der Waals surface area contributed by atoms with E-state index in [4.69, 9.17) is 9.15 Å². The zero-order valence-corrected chi connectivity index (χ0v) is 14.6. The van der Waals surface area contributed by atoms with Crippen LogP contribution in [0.4, 0.5) is 10.3 Å². The molecule has 0 amide bonds. The number of aromatic nitrogens is 1. The Balaban J connectivity index is 1.63. The fourth-order valence-electron chi connectivity index (χ4n) is 2.08. The average molecular weight is 402 g/mol. The molecule has 0 aliphatic rings. The molecule has 1 heterocycles. The molecule has 0 radical (unpaired) electrons. The van der Waals surface area contributed by atoms with Gasteiger partial charge in [0.15, 0.2) is 6.61 Å². The number of nitriles is 1. The molecular formula is C18H13BrFN3O2. The third kappa shape index (κ3) is 4.58. The van der Waals surface area contributed by atoms with Crippen molar-refractivity contribution in [1.29, 1.82) is 5.26 Å². The summed E-state index contributed by atoms with van der Waals surface area (Å²) in [5, 5.41) is 12.2. The van der Waals surface area contributed by atoms with Gasteiger partial charge in [-0.1, -0.05) is 28.1 Å². The van der Waals surface area contributed by atoms with Crippen molar-refractivity contribution >= 4 is 21.8 Å². The van der Waals surface area contributed by atoms with Crippen LogP contribution in [-0.2, 0) is 13.2 Å². The fraction of sp³-hybridized carbons (Fsp3) is 0.111. The summed E-state index contributed by atoms with van der Waals surface area (Å²) in [4.78, 5) is 4.10. The number of nitrogens with one attached hydrogen (secondary N) is 1. The largest absolute Gasteiger partial charge is 0.484 e. The first-order valence-corrected chi connectivity index (χ1v) is 8.20. The van der Waals surface area contributed by atoms with Gasteiger partial charge in [0.05, 0.1) is 0 Å². The van der Waals surface area contributed by atoms with Gasteiger partial charge in [0, 0.05) is 11.0 Å². The van der Waals surface area contributed by atoms with E-state index in [1.807, 2.05) is 30.3 Å². The molecule has 0 atom stereocenters. The molecule has 3 rings (SSSR count). The standard InChI is InChI=1S/C18H13BrFN3O2/c19-13-3-7-15(8-4-13)24-11-17-23-16(9-21)18(25-17)22-10-12-1-5-14(20)6-2-12/h1-8,22H,10-11H2. The minimum Gasteiger partial charge on any atom is -0.484 e. The van der Waals surface area contributed by atoms with Crippen molar-refractivity contribution in [3.8, 4) is 11.8 Å². The van der Waals surface area contributed by atoms with Gasteiger partial charge in [-0.15, -0.1) is 0 Å². The van der Waals surface area contributed by atoms with Crippen LogP contribution in [0.3, 0.4) is 0 Å². The molecule has 1 N–H and O–H groups in total. The van der Waals surface area contributed by atoms with Gasteiger partial charge in [0.1, 0.15) is 17.6 Å². The SMILES string of the molecule is N#Cc1nc(COc2ccc(Br)cc2)oc1NCc1ccc(F)cc1. The summed E-state index contributed by atoms with van der Waals surface area (Å²) >= 11 is 3.35. The van der Waals surface area contributed by atoms with E-state index < -0.39 is 0 Å². The van der Waals surface area contributed by atoms with Crippen LogP contribution in [-0.4, -0.2) is 4.98 Å². The van der Waals surface area contributed by atoms with Crippen LogP contribution in [0, 0.1) is 17.1 Å². The highest BCUT2D eigenvalue weighted by atomic mass is 79.9. The Kier molecular flexibility index (Phi) is 5.31. The predicted molar refractivity (Wildman–Crippen MR) is 93.4 cm³/mol. The first kappa shape index (κ1) is 17.0. The van der Waals surface area contributed by atoms with Crippen LogP contribution < -0.4 is 10.1 Å². The summed E-state index contributed by atoms with van der Waals surface area (Å²) in [6.45, 7) is 0.492. The van der Waals surface area contributed by atoms with Crippen LogP contribution in [0.15, 0.2) is 57.4 Å². The number of hydrogen-bond donors (Lipinski definition) is 1. The summed E-state index contributed by atoms with van der Waals surface area (Å²) < 4.78 is 25.0. The number of halogens is 2. The molecule has 5 nitrogen and oxygen atoms in total. The molecule has 0 saturated carbocycles.